The van der Waals surface area contributed by atoms with Crippen LogP contribution in [0.25, 0.3) is 0 Å². The summed E-state index contributed by atoms with van der Waals surface area (Å²) in [5.74, 6) is 1.07. The molecule has 2 aliphatic rings. The molecule has 1 N–H and O–H groups in total. The van der Waals surface area contributed by atoms with E-state index in [0.29, 0.717) is 17.1 Å². The van der Waals surface area contributed by atoms with Gasteiger partial charge < -0.3 is 19.7 Å². The molecule has 2 aliphatic heterocycles. The van der Waals surface area contributed by atoms with E-state index in [0.717, 1.165) is 48.9 Å². The molecule has 0 aliphatic carbocycles. The third-order valence-corrected chi connectivity index (χ3v) is 6.54. The van der Waals surface area contributed by atoms with E-state index < -0.39 is 0 Å². The number of carbonyl (C=O) groups excluding carboxylic acids is 1. The molecule has 3 aromatic rings. The van der Waals surface area contributed by atoms with Gasteiger partial charge in [-0.25, -0.2) is 4.39 Å². The van der Waals surface area contributed by atoms with Crippen molar-refractivity contribution in [1.29, 1.82) is 0 Å². The Kier molecular flexibility index (Phi) is 6.56. The van der Waals surface area contributed by atoms with E-state index in [1.54, 1.807) is 24.3 Å². The van der Waals surface area contributed by atoms with Crippen molar-refractivity contribution in [1.82, 2.24) is 10.2 Å². The predicted octanol–water partition coefficient (Wildman–Crippen LogP) is 4.50. The summed E-state index contributed by atoms with van der Waals surface area (Å²) in [5.41, 5.74) is 2.63. The lowest BCUT2D eigenvalue weighted by molar-refractivity contribution is 0.0930. The Morgan fingerprint density at radius 2 is 1.65 bits per heavy atom. The van der Waals surface area contributed by atoms with Gasteiger partial charge in [-0.15, -0.1) is 0 Å². The van der Waals surface area contributed by atoms with Crippen molar-refractivity contribution >= 4 is 23.2 Å². The summed E-state index contributed by atoms with van der Waals surface area (Å²) < 4.78 is 24.4. The number of halogens is 2. The molecule has 1 fully saturated rings. The van der Waals surface area contributed by atoms with Gasteiger partial charge in [-0.05, 0) is 66.2 Å². The maximum absolute atomic E-state index is 13.3. The van der Waals surface area contributed by atoms with Crippen LogP contribution in [0.15, 0.2) is 66.7 Å². The van der Waals surface area contributed by atoms with Crippen LogP contribution in [0.4, 0.5) is 10.1 Å². The maximum atomic E-state index is 13.3. The van der Waals surface area contributed by atoms with Gasteiger partial charge in [0.15, 0.2) is 11.5 Å². The molecule has 1 saturated heterocycles. The van der Waals surface area contributed by atoms with E-state index in [-0.39, 0.29) is 24.6 Å². The highest BCUT2D eigenvalue weighted by Crippen LogP contribution is 2.36. The van der Waals surface area contributed by atoms with Crippen molar-refractivity contribution in [3.63, 3.8) is 0 Å². The first kappa shape index (κ1) is 22.5. The Morgan fingerprint density at radius 3 is 2.38 bits per heavy atom. The lowest BCUT2D eigenvalue weighted by atomic mass is 10.0. The highest BCUT2D eigenvalue weighted by Gasteiger charge is 2.27. The largest absolute Gasteiger partial charge is 0.454 e. The van der Waals surface area contributed by atoms with Crippen LogP contribution in [0.5, 0.6) is 11.5 Å². The minimum absolute atomic E-state index is 0.0406. The molecule has 0 radical (unpaired) electrons. The number of nitrogens with one attached hydrogen (secondary N) is 1. The highest BCUT2D eigenvalue weighted by molar-refractivity contribution is 6.30. The normalized spacial score (nSPS) is 16.4. The van der Waals surface area contributed by atoms with E-state index in [1.807, 2.05) is 30.3 Å². The van der Waals surface area contributed by atoms with Crippen molar-refractivity contribution < 1.29 is 18.7 Å². The van der Waals surface area contributed by atoms with E-state index in [2.05, 4.69) is 15.1 Å². The van der Waals surface area contributed by atoms with Crippen molar-refractivity contribution in [2.45, 2.75) is 6.04 Å². The Balaban J connectivity index is 1.31. The molecule has 6 nitrogen and oxygen atoms in total. The van der Waals surface area contributed by atoms with E-state index in [9.17, 15) is 9.18 Å². The smallest absolute Gasteiger partial charge is 0.251 e. The summed E-state index contributed by atoms with van der Waals surface area (Å²) in [4.78, 5) is 17.4. The van der Waals surface area contributed by atoms with Crippen molar-refractivity contribution in [3.05, 3.63) is 88.7 Å². The fourth-order valence-corrected chi connectivity index (χ4v) is 4.54. The minimum atomic E-state index is -0.235. The standard InChI is InChI=1S/C26H25ClFN3O3/c27-20-4-1-18(2-5-20)26(32)29-16-23(19-3-10-24-25(15-19)34-17-33-24)31-13-11-30(12-14-31)22-8-6-21(28)7-9-22/h1-10,15,23H,11-14,16-17H2,(H,29,32)/t23-/m1/s1. The lowest BCUT2D eigenvalue weighted by Gasteiger charge is -2.40. The van der Waals surface area contributed by atoms with Crippen LogP contribution < -0.4 is 19.7 Å². The van der Waals surface area contributed by atoms with E-state index in [1.165, 1.54) is 12.1 Å². The van der Waals surface area contributed by atoms with Crippen LogP contribution in [0, 0.1) is 5.82 Å². The van der Waals surface area contributed by atoms with Crippen LogP contribution in [-0.4, -0.2) is 50.3 Å². The second kappa shape index (κ2) is 9.91. The molecule has 1 amide bonds. The van der Waals surface area contributed by atoms with Gasteiger partial charge >= 0.3 is 0 Å². The monoisotopic (exact) mass is 481 g/mol. The number of rotatable bonds is 6. The molecule has 0 aromatic heterocycles. The van der Waals surface area contributed by atoms with E-state index >= 15 is 0 Å². The summed E-state index contributed by atoms with van der Waals surface area (Å²) in [6.45, 7) is 3.86. The first-order valence-corrected chi connectivity index (χ1v) is 11.6. The minimum Gasteiger partial charge on any atom is -0.454 e. The molecule has 0 bridgehead atoms. The molecule has 8 heteroatoms. The number of hydrogen-bond acceptors (Lipinski definition) is 5. The fourth-order valence-electron chi connectivity index (χ4n) is 4.41. The summed E-state index contributed by atoms with van der Waals surface area (Å²) in [7, 11) is 0. The Morgan fingerprint density at radius 1 is 0.941 bits per heavy atom. The van der Waals surface area contributed by atoms with Crippen molar-refractivity contribution in [3.8, 4) is 11.5 Å². The first-order chi connectivity index (χ1) is 16.6. The Labute approximate surface area is 202 Å². The summed E-state index contributed by atoms with van der Waals surface area (Å²) in [5, 5.41) is 3.67. The third kappa shape index (κ3) is 4.95. The van der Waals surface area contributed by atoms with Gasteiger partial charge in [0.05, 0.1) is 6.04 Å². The lowest BCUT2D eigenvalue weighted by Crippen LogP contribution is -2.50. The molecule has 2 heterocycles. The number of ether oxygens (including phenoxy) is 2. The van der Waals surface area contributed by atoms with Gasteiger partial charge in [0, 0.05) is 49.0 Å². The summed E-state index contributed by atoms with van der Waals surface area (Å²) in [6.07, 6.45) is 0. The van der Waals surface area contributed by atoms with Crippen LogP contribution in [0.2, 0.25) is 5.02 Å². The number of anilines is 1. The molecule has 3 aromatic carbocycles. The third-order valence-electron chi connectivity index (χ3n) is 6.29. The molecule has 5 rings (SSSR count). The predicted molar refractivity (Wildman–Crippen MR) is 129 cm³/mol. The molecule has 0 saturated carbocycles. The zero-order chi connectivity index (χ0) is 23.5. The zero-order valence-electron chi connectivity index (χ0n) is 18.5. The average molecular weight is 482 g/mol. The topological polar surface area (TPSA) is 54.0 Å². The number of fused-ring (bicyclic) bond motifs is 1. The van der Waals surface area contributed by atoms with Crippen molar-refractivity contribution in [2.75, 3.05) is 44.4 Å². The van der Waals surface area contributed by atoms with Crippen LogP contribution in [0.3, 0.4) is 0 Å². The molecular weight excluding hydrogens is 457 g/mol. The number of carbonyl (C=O) groups is 1. The molecular formula is C26H25ClFN3O3. The van der Waals surface area contributed by atoms with E-state index in [4.69, 9.17) is 21.1 Å². The number of benzene rings is 3. The quantitative estimate of drug-likeness (QED) is 0.562. The molecule has 1 atom stereocenters. The van der Waals surface area contributed by atoms with Gasteiger partial charge in [-0.1, -0.05) is 17.7 Å². The number of piperazine rings is 1. The maximum Gasteiger partial charge on any atom is 0.251 e. The van der Waals surface area contributed by atoms with Crippen LogP contribution >= 0.6 is 11.6 Å². The highest BCUT2D eigenvalue weighted by atomic mass is 35.5. The van der Waals surface area contributed by atoms with Gasteiger partial charge in [-0.2, -0.15) is 0 Å². The Hall–Kier alpha value is -3.29. The second-order valence-corrected chi connectivity index (χ2v) is 8.78. The molecule has 0 unspecified atom stereocenters. The molecule has 176 valence electrons. The zero-order valence-corrected chi connectivity index (χ0v) is 19.3. The second-order valence-electron chi connectivity index (χ2n) is 8.34. The SMILES string of the molecule is O=C(NC[C@H](c1ccc2c(c1)OCO2)N1CCN(c2ccc(F)cc2)CC1)c1ccc(Cl)cc1. The number of amides is 1. The van der Waals surface area contributed by atoms with Crippen LogP contribution in [-0.2, 0) is 0 Å². The molecule has 0 spiro atoms. The molecule has 34 heavy (non-hydrogen) atoms. The number of nitrogens with zero attached hydrogens (tertiary/aromatic N) is 2. The van der Waals surface area contributed by atoms with Crippen molar-refractivity contribution in [2.24, 2.45) is 0 Å². The van der Waals surface area contributed by atoms with Gasteiger partial charge in [0.25, 0.3) is 5.91 Å². The summed E-state index contributed by atoms with van der Waals surface area (Å²) in [6, 6.07) is 19.4. The van der Waals surface area contributed by atoms with Gasteiger partial charge in [0.1, 0.15) is 5.82 Å². The number of hydrogen-bond donors (Lipinski definition) is 1. The van der Waals surface area contributed by atoms with Gasteiger partial charge in [-0.3, -0.25) is 9.69 Å². The Bertz CT molecular complexity index is 1150. The van der Waals surface area contributed by atoms with Crippen LogP contribution in [0.1, 0.15) is 22.0 Å². The first-order valence-electron chi connectivity index (χ1n) is 11.2. The fraction of sp³-hybridized carbons (Fsp3) is 0.269. The van der Waals surface area contributed by atoms with Gasteiger partial charge in [0.2, 0.25) is 6.79 Å². The summed E-state index contributed by atoms with van der Waals surface area (Å²) >= 11 is 5.95. The average Bonchev–Trinajstić information content (AvgIpc) is 3.33.